The molecule has 0 aromatic heterocycles. The van der Waals surface area contributed by atoms with Gasteiger partial charge in [-0.2, -0.15) is 0 Å². The molecule has 0 bridgehead atoms. The predicted molar refractivity (Wildman–Crippen MR) is 58.3 cm³/mol. The lowest BCUT2D eigenvalue weighted by atomic mass is 10.3. The van der Waals surface area contributed by atoms with E-state index in [1.807, 2.05) is 0 Å². The molecule has 9 heavy (non-hydrogen) atoms. The standard InChI is InChI=1S/C5H12Si.H2O.2H4Si/c1-2-4-6-5-3-1;;;/h1-6H2;1H2;2*1H4. The topological polar surface area (TPSA) is 31.5 Å². The highest BCUT2D eigenvalue weighted by atomic mass is 28.2. The molecule has 0 aliphatic carbocycles. The summed E-state index contributed by atoms with van der Waals surface area (Å²) in [6, 6.07) is 3.28. The van der Waals surface area contributed by atoms with Crippen molar-refractivity contribution in [1.29, 1.82) is 0 Å². The molecule has 0 amide bonds. The molecule has 1 fully saturated rings. The Labute approximate surface area is 68.8 Å². The Morgan fingerprint density at radius 3 is 1.33 bits per heavy atom. The average Bonchev–Trinajstić information content (AvgIpc) is 1.72. The quantitative estimate of drug-likeness (QED) is 0.370. The largest absolute Gasteiger partial charge is 0.412 e. The van der Waals surface area contributed by atoms with E-state index in [0.29, 0.717) is 9.52 Å². The van der Waals surface area contributed by atoms with E-state index in [1.54, 1.807) is 24.9 Å². The molecule has 1 aliphatic rings. The molecule has 0 atom stereocenters. The zero-order valence-electron chi connectivity index (χ0n) is 4.74. The first-order chi connectivity index (χ1) is 3.00. The fourth-order valence-electron chi connectivity index (χ4n) is 1.06. The molecule has 0 spiro atoms. The first-order valence-corrected chi connectivity index (χ1v) is 5.00. The smallest absolute Gasteiger partial charge is 0.0197 e. The van der Waals surface area contributed by atoms with Crippen LogP contribution < -0.4 is 0 Å². The summed E-state index contributed by atoms with van der Waals surface area (Å²) in [7, 11) is 0.508. The summed E-state index contributed by atoms with van der Waals surface area (Å²) < 4.78 is 0. The molecule has 0 unspecified atom stereocenters. The molecular weight excluding hydrogens is 160 g/mol. The van der Waals surface area contributed by atoms with Crippen LogP contribution in [-0.2, 0) is 0 Å². The van der Waals surface area contributed by atoms with E-state index < -0.39 is 0 Å². The van der Waals surface area contributed by atoms with Crippen LogP contribution in [0.4, 0.5) is 0 Å². The Morgan fingerprint density at radius 2 is 1.22 bits per heavy atom. The van der Waals surface area contributed by atoms with E-state index in [4.69, 9.17) is 0 Å². The maximum Gasteiger partial charge on any atom is 0.0197 e. The van der Waals surface area contributed by atoms with Crippen molar-refractivity contribution in [1.82, 2.24) is 0 Å². The zero-order chi connectivity index (χ0) is 4.24. The van der Waals surface area contributed by atoms with Gasteiger partial charge >= 0.3 is 0 Å². The van der Waals surface area contributed by atoms with Crippen LogP contribution in [0.15, 0.2) is 0 Å². The van der Waals surface area contributed by atoms with E-state index in [1.165, 1.54) is 6.42 Å². The molecule has 1 nitrogen and oxygen atoms in total. The third kappa shape index (κ3) is 8.61. The normalized spacial score (nSPS) is 16.0. The van der Waals surface area contributed by atoms with Crippen LogP contribution in [0.1, 0.15) is 19.3 Å². The molecule has 60 valence electrons. The first-order valence-electron chi connectivity index (χ1n) is 3.00. The fourth-order valence-corrected chi connectivity index (χ4v) is 2.83. The minimum atomic E-state index is 0. The lowest BCUT2D eigenvalue weighted by Gasteiger charge is -2.04. The Kier molecular flexibility index (Phi) is 20.7. The Hall–Kier alpha value is 0.611. The van der Waals surface area contributed by atoms with Crippen LogP contribution in [0.3, 0.4) is 0 Å². The Bertz CT molecular complexity index is 27.7. The highest BCUT2D eigenvalue weighted by Crippen LogP contribution is 2.10. The molecule has 1 rings (SSSR count). The van der Waals surface area contributed by atoms with Crippen molar-refractivity contribution in [2.24, 2.45) is 0 Å². The molecule has 0 radical (unpaired) electrons. The summed E-state index contributed by atoms with van der Waals surface area (Å²) >= 11 is 0. The Morgan fingerprint density at radius 1 is 0.778 bits per heavy atom. The molecule has 2 N–H and O–H groups in total. The van der Waals surface area contributed by atoms with E-state index >= 15 is 0 Å². The molecule has 1 saturated heterocycles. The lowest BCUT2D eigenvalue weighted by Crippen LogP contribution is -1.94. The van der Waals surface area contributed by atoms with Crippen molar-refractivity contribution < 1.29 is 5.48 Å². The molecule has 0 aromatic rings. The second kappa shape index (κ2) is 11.4. The summed E-state index contributed by atoms with van der Waals surface area (Å²) in [5.74, 6) is 0. The van der Waals surface area contributed by atoms with E-state index in [-0.39, 0.29) is 27.4 Å². The second-order valence-electron chi connectivity index (χ2n) is 2.12. The minimum absolute atomic E-state index is 0. The first kappa shape index (κ1) is 16.3. The van der Waals surface area contributed by atoms with Crippen molar-refractivity contribution >= 4 is 31.5 Å². The summed E-state index contributed by atoms with van der Waals surface area (Å²) in [6.07, 6.45) is 4.66. The third-order valence-electron chi connectivity index (χ3n) is 1.50. The van der Waals surface area contributed by atoms with Crippen molar-refractivity contribution in [3.63, 3.8) is 0 Å². The third-order valence-corrected chi connectivity index (χ3v) is 3.50. The number of hydrogen-bond acceptors (Lipinski definition) is 0. The molecule has 0 aromatic carbocycles. The van der Waals surface area contributed by atoms with Gasteiger partial charge in [-0.3, -0.25) is 0 Å². The summed E-state index contributed by atoms with van der Waals surface area (Å²) in [5, 5.41) is 0. The Balaban J connectivity index is -0.000000120. The molecule has 0 saturated carbocycles. The van der Waals surface area contributed by atoms with Gasteiger partial charge < -0.3 is 5.48 Å². The average molecular weight is 182 g/mol. The van der Waals surface area contributed by atoms with Crippen LogP contribution in [0, 0.1) is 0 Å². The van der Waals surface area contributed by atoms with E-state index in [2.05, 4.69) is 0 Å². The van der Waals surface area contributed by atoms with Crippen molar-refractivity contribution in [2.75, 3.05) is 0 Å². The van der Waals surface area contributed by atoms with Gasteiger partial charge in [-0.05, 0) is 21.9 Å². The highest BCUT2D eigenvalue weighted by molar-refractivity contribution is 6.35. The van der Waals surface area contributed by atoms with Gasteiger partial charge in [0.2, 0.25) is 0 Å². The van der Waals surface area contributed by atoms with Crippen LogP contribution in [0.25, 0.3) is 0 Å². The number of rotatable bonds is 0. The zero-order valence-corrected chi connectivity index (χ0v) is 6.16. The molecule has 1 aliphatic heterocycles. The van der Waals surface area contributed by atoms with Gasteiger partial charge in [-0.15, -0.1) is 0 Å². The summed E-state index contributed by atoms with van der Waals surface area (Å²) in [4.78, 5) is 0. The fraction of sp³-hybridized carbons (Fsp3) is 1.00. The van der Waals surface area contributed by atoms with Crippen molar-refractivity contribution in [3.05, 3.63) is 0 Å². The maximum atomic E-state index is 1.64. The van der Waals surface area contributed by atoms with Crippen molar-refractivity contribution in [2.45, 2.75) is 31.4 Å². The van der Waals surface area contributed by atoms with Gasteiger partial charge in [0, 0.05) is 9.52 Å². The van der Waals surface area contributed by atoms with Gasteiger partial charge in [0.05, 0.1) is 0 Å². The van der Waals surface area contributed by atoms with Gasteiger partial charge in [0.15, 0.2) is 0 Å². The molecular formula is C5H22OSi3. The SMILES string of the molecule is C1CC[SiH2]CC1.O.[SiH4].[SiH4]. The van der Waals surface area contributed by atoms with Crippen LogP contribution in [0.2, 0.25) is 12.1 Å². The molecule has 1 heterocycles. The van der Waals surface area contributed by atoms with E-state index in [0.717, 1.165) is 0 Å². The van der Waals surface area contributed by atoms with Gasteiger partial charge in [0.1, 0.15) is 0 Å². The number of hydrogen-bond donors (Lipinski definition) is 0. The minimum Gasteiger partial charge on any atom is -0.412 e. The monoisotopic (exact) mass is 182 g/mol. The second-order valence-corrected chi connectivity index (χ2v) is 4.24. The van der Waals surface area contributed by atoms with Gasteiger partial charge in [-0.1, -0.05) is 31.4 Å². The molecule has 4 heteroatoms. The lowest BCUT2D eigenvalue weighted by molar-refractivity contribution is 0.734. The van der Waals surface area contributed by atoms with Gasteiger partial charge in [-0.25, -0.2) is 0 Å². The van der Waals surface area contributed by atoms with Crippen LogP contribution in [0.5, 0.6) is 0 Å². The van der Waals surface area contributed by atoms with E-state index in [9.17, 15) is 0 Å². The van der Waals surface area contributed by atoms with Crippen LogP contribution in [-0.4, -0.2) is 36.9 Å². The van der Waals surface area contributed by atoms with Crippen LogP contribution >= 0.6 is 0 Å². The maximum absolute atomic E-state index is 1.64. The highest BCUT2D eigenvalue weighted by Gasteiger charge is 1.96. The van der Waals surface area contributed by atoms with Crippen molar-refractivity contribution in [3.8, 4) is 0 Å². The predicted octanol–water partition coefficient (Wildman–Crippen LogP) is -2.55. The summed E-state index contributed by atoms with van der Waals surface area (Å²) in [6.45, 7) is 0. The summed E-state index contributed by atoms with van der Waals surface area (Å²) in [5.41, 5.74) is 0. The van der Waals surface area contributed by atoms with Gasteiger partial charge in [0.25, 0.3) is 0 Å².